The maximum absolute atomic E-state index is 5.92. The topological polar surface area (TPSA) is 26.0 Å². The second-order valence-corrected chi connectivity index (χ2v) is 6.72. The summed E-state index contributed by atoms with van der Waals surface area (Å²) in [6.07, 6.45) is 0. The number of fused-ring (bicyclic) bond motifs is 1. The average molecular weight is 344 g/mol. The Balaban J connectivity index is 1.99. The van der Waals surface area contributed by atoms with Crippen molar-refractivity contribution in [3.05, 3.63) is 64.6 Å². The van der Waals surface area contributed by atoms with Crippen LogP contribution in [0.2, 0.25) is 0 Å². The summed E-state index contributed by atoms with van der Waals surface area (Å²) in [4.78, 5) is 2.42. The highest BCUT2D eigenvalue weighted by atomic mass is 79.9. The molecule has 2 N–H and O–H groups in total. The molecule has 0 heterocycles. The van der Waals surface area contributed by atoms with Crippen molar-refractivity contribution in [2.45, 2.75) is 16.7 Å². The third-order valence-electron chi connectivity index (χ3n) is 3.27. The van der Waals surface area contributed by atoms with Crippen LogP contribution in [-0.4, -0.2) is 0 Å². The third kappa shape index (κ3) is 2.69. The van der Waals surface area contributed by atoms with Crippen LogP contribution in [0, 0.1) is 6.92 Å². The number of benzene rings is 3. The number of rotatable bonds is 2. The van der Waals surface area contributed by atoms with E-state index in [2.05, 4.69) is 64.5 Å². The summed E-state index contributed by atoms with van der Waals surface area (Å²) >= 11 is 5.34. The Hall–Kier alpha value is -1.45. The lowest BCUT2D eigenvalue weighted by atomic mass is 10.1. The highest BCUT2D eigenvalue weighted by Crippen LogP contribution is 2.37. The molecule has 0 saturated heterocycles. The van der Waals surface area contributed by atoms with Crippen molar-refractivity contribution < 1.29 is 0 Å². The van der Waals surface area contributed by atoms with Gasteiger partial charge in [-0.15, -0.1) is 0 Å². The molecule has 0 amide bonds. The molecule has 0 aromatic heterocycles. The first kappa shape index (κ1) is 13.5. The fourth-order valence-corrected chi connectivity index (χ4v) is 3.68. The molecule has 0 fully saturated rings. The fraction of sp³-hybridized carbons (Fsp3) is 0.0588. The minimum absolute atomic E-state index is 0.819. The zero-order chi connectivity index (χ0) is 14.1. The molecule has 0 saturated carbocycles. The molecule has 20 heavy (non-hydrogen) atoms. The van der Waals surface area contributed by atoms with Crippen LogP contribution in [0.1, 0.15) is 5.56 Å². The van der Waals surface area contributed by atoms with Gasteiger partial charge in [0.05, 0.1) is 0 Å². The second-order valence-electron chi connectivity index (χ2n) is 4.75. The molecule has 3 aromatic rings. The van der Waals surface area contributed by atoms with Crippen molar-refractivity contribution in [2.24, 2.45) is 0 Å². The number of hydrogen-bond donors (Lipinski definition) is 1. The maximum atomic E-state index is 5.92. The van der Waals surface area contributed by atoms with Crippen molar-refractivity contribution in [2.75, 3.05) is 5.73 Å². The number of nitrogens with two attached hydrogens (primary N) is 1. The first-order chi connectivity index (χ1) is 9.63. The zero-order valence-electron chi connectivity index (χ0n) is 11.1. The van der Waals surface area contributed by atoms with Gasteiger partial charge in [-0.3, -0.25) is 0 Å². The van der Waals surface area contributed by atoms with Gasteiger partial charge in [-0.25, -0.2) is 0 Å². The SMILES string of the molecule is Cc1cc(Sc2ccc3ccccc3c2)c(Br)cc1N. The molecule has 1 nitrogen and oxygen atoms in total. The van der Waals surface area contributed by atoms with Gasteiger partial charge in [0.25, 0.3) is 0 Å². The molecule has 3 rings (SSSR count). The van der Waals surface area contributed by atoms with Crippen LogP contribution in [0.3, 0.4) is 0 Å². The van der Waals surface area contributed by atoms with Crippen LogP contribution in [0.4, 0.5) is 5.69 Å². The van der Waals surface area contributed by atoms with E-state index in [4.69, 9.17) is 5.73 Å². The summed E-state index contributed by atoms with van der Waals surface area (Å²) < 4.78 is 1.04. The van der Waals surface area contributed by atoms with E-state index in [-0.39, 0.29) is 0 Å². The van der Waals surface area contributed by atoms with Gasteiger partial charge in [0.15, 0.2) is 0 Å². The first-order valence-electron chi connectivity index (χ1n) is 6.36. The van der Waals surface area contributed by atoms with Crippen LogP contribution in [-0.2, 0) is 0 Å². The summed E-state index contributed by atoms with van der Waals surface area (Å²) in [5.41, 5.74) is 7.85. The van der Waals surface area contributed by atoms with Crippen molar-refractivity contribution in [3.8, 4) is 0 Å². The number of anilines is 1. The third-order valence-corrected chi connectivity index (χ3v) is 5.24. The molecular formula is C17H14BrNS. The molecule has 0 aliphatic heterocycles. The van der Waals surface area contributed by atoms with Crippen LogP contribution >= 0.6 is 27.7 Å². The zero-order valence-corrected chi connectivity index (χ0v) is 13.5. The summed E-state index contributed by atoms with van der Waals surface area (Å²) in [7, 11) is 0. The van der Waals surface area contributed by atoms with Crippen LogP contribution in [0.15, 0.2) is 68.9 Å². The van der Waals surface area contributed by atoms with Crippen LogP contribution in [0.25, 0.3) is 10.8 Å². The van der Waals surface area contributed by atoms with E-state index in [1.807, 2.05) is 13.0 Å². The predicted octanol–water partition coefficient (Wildman–Crippen LogP) is 5.64. The highest BCUT2D eigenvalue weighted by molar-refractivity contribution is 9.10. The lowest BCUT2D eigenvalue weighted by Crippen LogP contribution is -1.90. The Morgan fingerprint density at radius 2 is 1.70 bits per heavy atom. The Kier molecular flexibility index (Phi) is 3.72. The Labute approximate surface area is 131 Å². The minimum atomic E-state index is 0.819. The van der Waals surface area contributed by atoms with E-state index < -0.39 is 0 Å². The van der Waals surface area contributed by atoms with E-state index in [1.165, 1.54) is 20.6 Å². The standard InChI is InChI=1S/C17H14BrNS/c1-11-8-17(15(18)10-16(11)19)20-14-7-6-12-4-2-3-5-13(12)9-14/h2-10H,19H2,1H3. The summed E-state index contributed by atoms with van der Waals surface area (Å²) in [5.74, 6) is 0. The monoisotopic (exact) mass is 343 g/mol. The molecule has 0 radical (unpaired) electrons. The van der Waals surface area contributed by atoms with Gasteiger partial charge in [-0.05, 0) is 63.5 Å². The van der Waals surface area contributed by atoms with Crippen molar-refractivity contribution >= 4 is 44.2 Å². The molecule has 3 aromatic carbocycles. The molecule has 0 bridgehead atoms. The van der Waals surface area contributed by atoms with Gasteiger partial charge in [0.1, 0.15) is 0 Å². The van der Waals surface area contributed by atoms with Gasteiger partial charge in [0.2, 0.25) is 0 Å². The first-order valence-corrected chi connectivity index (χ1v) is 7.97. The number of halogens is 1. The summed E-state index contributed by atoms with van der Waals surface area (Å²) in [5, 5.41) is 2.53. The molecule has 0 unspecified atom stereocenters. The lowest BCUT2D eigenvalue weighted by Gasteiger charge is -2.09. The largest absolute Gasteiger partial charge is 0.398 e. The highest BCUT2D eigenvalue weighted by Gasteiger charge is 2.06. The van der Waals surface area contributed by atoms with E-state index in [1.54, 1.807) is 11.8 Å². The van der Waals surface area contributed by atoms with E-state index >= 15 is 0 Å². The lowest BCUT2D eigenvalue weighted by molar-refractivity contribution is 1.32. The molecule has 0 spiro atoms. The fourth-order valence-electron chi connectivity index (χ4n) is 2.11. The molecule has 100 valence electrons. The molecule has 0 atom stereocenters. The van der Waals surface area contributed by atoms with Gasteiger partial charge in [-0.1, -0.05) is 42.1 Å². The maximum Gasteiger partial charge on any atom is 0.0355 e. The Morgan fingerprint density at radius 1 is 0.950 bits per heavy atom. The van der Waals surface area contributed by atoms with E-state index in [0.29, 0.717) is 0 Å². The van der Waals surface area contributed by atoms with Crippen molar-refractivity contribution in [1.29, 1.82) is 0 Å². The molecule has 3 heteroatoms. The molecule has 0 aliphatic carbocycles. The van der Waals surface area contributed by atoms with E-state index in [9.17, 15) is 0 Å². The Morgan fingerprint density at radius 3 is 2.50 bits per heavy atom. The van der Waals surface area contributed by atoms with Gasteiger partial charge in [-0.2, -0.15) is 0 Å². The Bertz CT molecular complexity index is 783. The quantitative estimate of drug-likeness (QED) is 0.609. The average Bonchev–Trinajstić information content (AvgIpc) is 2.44. The van der Waals surface area contributed by atoms with Crippen LogP contribution in [0.5, 0.6) is 0 Å². The molecule has 0 aliphatic rings. The second kappa shape index (κ2) is 5.51. The number of aryl methyl sites for hydroxylation is 1. The van der Waals surface area contributed by atoms with E-state index in [0.717, 1.165) is 15.7 Å². The number of hydrogen-bond acceptors (Lipinski definition) is 2. The molecular weight excluding hydrogens is 330 g/mol. The smallest absolute Gasteiger partial charge is 0.0355 e. The van der Waals surface area contributed by atoms with Gasteiger partial charge >= 0.3 is 0 Å². The van der Waals surface area contributed by atoms with Crippen LogP contribution < -0.4 is 5.73 Å². The summed E-state index contributed by atoms with van der Waals surface area (Å²) in [6, 6.07) is 19.0. The van der Waals surface area contributed by atoms with Gasteiger partial charge < -0.3 is 5.73 Å². The normalized spacial score (nSPS) is 10.9. The summed E-state index contributed by atoms with van der Waals surface area (Å²) in [6.45, 7) is 2.03. The van der Waals surface area contributed by atoms with Gasteiger partial charge in [0, 0.05) is 20.0 Å². The minimum Gasteiger partial charge on any atom is -0.398 e. The predicted molar refractivity (Wildman–Crippen MR) is 91.4 cm³/mol. The van der Waals surface area contributed by atoms with Crippen molar-refractivity contribution in [3.63, 3.8) is 0 Å². The number of nitrogen functional groups attached to an aromatic ring is 1. The van der Waals surface area contributed by atoms with Crippen molar-refractivity contribution in [1.82, 2.24) is 0 Å².